The molecule has 4 heterocycles. The van der Waals surface area contributed by atoms with Gasteiger partial charge in [-0.05, 0) is 12.1 Å². The lowest BCUT2D eigenvalue weighted by atomic mass is 10.2. The van der Waals surface area contributed by atoms with E-state index in [1.165, 1.54) is 10.6 Å². The molecule has 1 aliphatic rings. The molecule has 0 saturated carbocycles. The summed E-state index contributed by atoms with van der Waals surface area (Å²) in [6.45, 7) is 0.996. The number of H-pyrrole nitrogens is 1. The van der Waals surface area contributed by atoms with Gasteiger partial charge >= 0.3 is 0 Å². The SMILES string of the molecule is Cn1cncc1C1=CN(c2ccnc3[nH]ccc23)CCS1. The Morgan fingerprint density at radius 2 is 2.29 bits per heavy atom. The van der Waals surface area contributed by atoms with E-state index in [-0.39, 0.29) is 0 Å². The number of aryl methyl sites for hydroxylation is 1. The number of aromatic amines is 1. The molecule has 0 fully saturated rings. The van der Waals surface area contributed by atoms with E-state index < -0.39 is 0 Å². The van der Waals surface area contributed by atoms with Crippen LogP contribution in [-0.2, 0) is 7.05 Å². The fraction of sp³-hybridized carbons (Fsp3) is 0.200. The number of hydrogen-bond donors (Lipinski definition) is 1. The van der Waals surface area contributed by atoms with Crippen LogP contribution in [0, 0.1) is 0 Å². The molecule has 4 rings (SSSR count). The quantitative estimate of drug-likeness (QED) is 0.790. The number of pyridine rings is 1. The van der Waals surface area contributed by atoms with Gasteiger partial charge in [0.05, 0.1) is 23.9 Å². The van der Waals surface area contributed by atoms with E-state index in [4.69, 9.17) is 0 Å². The minimum atomic E-state index is 0.932. The Kier molecular flexibility index (Phi) is 2.96. The van der Waals surface area contributed by atoms with Crippen LogP contribution in [0.15, 0.2) is 43.3 Å². The summed E-state index contributed by atoms with van der Waals surface area (Å²) >= 11 is 1.88. The zero-order valence-electron chi connectivity index (χ0n) is 11.7. The average Bonchev–Trinajstić information content (AvgIpc) is 3.15. The van der Waals surface area contributed by atoms with Gasteiger partial charge in [-0.3, -0.25) is 0 Å². The Morgan fingerprint density at radius 3 is 3.14 bits per heavy atom. The molecule has 106 valence electrons. The van der Waals surface area contributed by atoms with Gasteiger partial charge in [0.2, 0.25) is 0 Å². The van der Waals surface area contributed by atoms with E-state index in [1.807, 2.05) is 43.7 Å². The molecule has 3 aromatic heterocycles. The van der Waals surface area contributed by atoms with Gasteiger partial charge in [0.25, 0.3) is 0 Å². The van der Waals surface area contributed by atoms with E-state index in [1.54, 1.807) is 0 Å². The maximum Gasteiger partial charge on any atom is 0.139 e. The first-order chi connectivity index (χ1) is 10.3. The molecule has 0 bridgehead atoms. The second-order valence-corrected chi connectivity index (χ2v) is 6.13. The van der Waals surface area contributed by atoms with Gasteiger partial charge in [-0.2, -0.15) is 0 Å². The van der Waals surface area contributed by atoms with Crippen molar-refractivity contribution in [3.63, 3.8) is 0 Å². The number of imidazole rings is 1. The molecule has 6 heteroatoms. The van der Waals surface area contributed by atoms with Crippen LogP contribution in [0.2, 0.25) is 0 Å². The number of anilines is 1. The maximum atomic E-state index is 4.36. The van der Waals surface area contributed by atoms with E-state index >= 15 is 0 Å². The Labute approximate surface area is 126 Å². The first kappa shape index (κ1) is 12.5. The Balaban J connectivity index is 1.79. The standard InChI is InChI=1S/C15H15N5S/c1-19-10-16-8-13(19)14-9-20(6-7-21-14)12-3-5-18-15-11(12)2-4-17-15/h2-5,8-10H,6-7H2,1H3,(H,17,18). The number of nitrogens with one attached hydrogen (secondary N) is 1. The highest BCUT2D eigenvalue weighted by molar-refractivity contribution is 8.08. The highest BCUT2D eigenvalue weighted by Gasteiger charge is 2.17. The van der Waals surface area contributed by atoms with E-state index in [9.17, 15) is 0 Å². The molecule has 0 aromatic carbocycles. The molecule has 0 radical (unpaired) electrons. The van der Waals surface area contributed by atoms with Crippen molar-refractivity contribution in [2.45, 2.75) is 0 Å². The molecule has 5 nitrogen and oxygen atoms in total. The second kappa shape index (κ2) is 4.96. The van der Waals surface area contributed by atoms with Crippen molar-refractivity contribution in [3.8, 4) is 0 Å². The first-order valence-corrected chi connectivity index (χ1v) is 7.81. The summed E-state index contributed by atoms with van der Waals surface area (Å²) in [5.74, 6) is 1.06. The number of hydrogen-bond acceptors (Lipinski definition) is 4. The number of thioether (sulfide) groups is 1. The van der Waals surface area contributed by atoms with Gasteiger partial charge in [0, 0.05) is 48.2 Å². The number of rotatable bonds is 2. The fourth-order valence-corrected chi connectivity index (χ4v) is 3.67. The van der Waals surface area contributed by atoms with Crippen molar-refractivity contribution in [1.29, 1.82) is 0 Å². The summed E-state index contributed by atoms with van der Waals surface area (Å²) in [5.41, 5.74) is 3.28. The van der Waals surface area contributed by atoms with Crippen molar-refractivity contribution in [3.05, 3.63) is 48.9 Å². The predicted octanol–water partition coefficient (Wildman–Crippen LogP) is 2.85. The third-order valence-electron chi connectivity index (χ3n) is 3.68. The summed E-state index contributed by atoms with van der Waals surface area (Å²) in [6, 6.07) is 4.15. The Morgan fingerprint density at radius 1 is 1.33 bits per heavy atom. The van der Waals surface area contributed by atoms with E-state index in [2.05, 4.69) is 42.8 Å². The van der Waals surface area contributed by atoms with Crippen LogP contribution in [0.25, 0.3) is 15.9 Å². The van der Waals surface area contributed by atoms with Gasteiger partial charge in [-0.25, -0.2) is 9.97 Å². The van der Waals surface area contributed by atoms with Crippen LogP contribution in [0.3, 0.4) is 0 Å². The zero-order valence-corrected chi connectivity index (χ0v) is 12.5. The molecule has 0 saturated heterocycles. The molecule has 0 spiro atoms. The van der Waals surface area contributed by atoms with Crippen molar-refractivity contribution in [2.75, 3.05) is 17.2 Å². The minimum absolute atomic E-state index is 0.932. The van der Waals surface area contributed by atoms with Crippen LogP contribution < -0.4 is 4.90 Å². The van der Waals surface area contributed by atoms with Gasteiger partial charge in [-0.15, -0.1) is 11.8 Å². The molecule has 0 aliphatic carbocycles. The lowest BCUT2D eigenvalue weighted by molar-refractivity contribution is 0.898. The predicted molar refractivity (Wildman–Crippen MR) is 87.1 cm³/mol. The van der Waals surface area contributed by atoms with Crippen molar-refractivity contribution >= 4 is 33.4 Å². The molecule has 0 unspecified atom stereocenters. The molecule has 3 aromatic rings. The van der Waals surface area contributed by atoms with Crippen molar-refractivity contribution < 1.29 is 0 Å². The van der Waals surface area contributed by atoms with E-state index in [0.717, 1.165) is 29.0 Å². The molecule has 1 aliphatic heterocycles. The fourth-order valence-electron chi connectivity index (χ4n) is 2.62. The number of aromatic nitrogens is 4. The van der Waals surface area contributed by atoms with Gasteiger partial charge in [0.1, 0.15) is 5.65 Å². The Hall–Kier alpha value is -2.21. The summed E-state index contributed by atoms with van der Waals surface area (Å²) in [4.78, 5) is 15.3. The lowest BCUT2D eigenvalue weighted by Gasteiger charge is -2.27. The molecular formula is C15H15N5S. The normalized spacial score (nSPS) is 15.5. The minimum Gasteiger partial charge on any atom is -0.346 e. The molecular weight excluding hydrogens is 282 g/mol. The van der Waals surface area contributed by atoms with Crippen LogP contribution in [0.4, 0.5) is 5.69 Å². The van der Waals surface area contributed by atoms with Gasteiger partial charge in [-0.1, -0.05) is 0 Å². The average molecular weight is 297 g/mol. The number of nitrogens with zero attached hydrogens (tertiary/aromatic N) is 4. The molecule has 21 heavy (non-hydrogen) atoms. The third-order valence-corrected chi connectivity index (χ3v) is 4.69. The maximum absolute atomic E-state index is 4.36. The van der Waals surface area contributed by atoms with Crippen molar-refractivity contribution in [1.82, 2.24) is 19.5 Å². The van der Waals surface area contributed by atoms with Crippen LogP contribution in [0.1, 0.15) is 5.69 Å². The first-order valence-electron chi connectivity index (χ1n) is 6.83. The second-order valence-electron chi connectivity index (χ2n) is 5.00. The zero-order chi connectivity index (χ0) is 14.2. The summed E-state index contributed by atoms with van der Waals surface area (Å²) < 4.78 is 2.06. The molecule has 0 atom stereocenters. The molecule has 1 N–H and O–H groups in total. The van der Waals surface area contributed by atoms with Crippen LogP contribution in [0.5, 0.6) is 0 Å². The van der Waals surface area contributed by atoms with Crippen LogP contribution >= 0.6 is 11.8 Å². The highest BCUT2D eigenvalue weighted by atomic mass is 32.2. The van der Waals surface area contributed by atoms with Crippen LogP contribution in [-0.4, -0.2) is 31.8 Å². The smallest absolute Gasteiger partial charge is 0.139 e. The van der Waals surface area contributed by atoms with Gasteiger partial charge < -0.3 is 14.5 Å². The van der Waals surface area contributed by atoms with Crippen molar-refractivity contribution in [2.24, 2.45) is 7.05 Å². The largest absolute Gasteiger partial charge is 0.346 e. The summed E-state index contributed by atoms with van der Waals surface area (Å²) in [6.07, 6.45) is 9.76. The number of fused-ring (bicyclic) bond motifs is 1. The lowest BCUT2D eigenvalue weighted by Crippen LogP contribution is -2.23. The summed E-state index contributed by atoms with van der Waals surface area (Å²) in [5, 5.41) is 1.16. The van der Waals surface area contributed by atoms with Gasteiger partial charge in [0.15, 0.2) is 0 Å². The topological polar surface area (TPSA) is 49.7 Å². The third kappa shape index (κ3) is 2.12. The summed E-state index contributed by atoms with van der Waals surface area (Å²) in [7, 11) is 2.03. The highest BCUT2D eigenvalue weighted by Crippen LogP contribution is 2.34. The molecule has 0 amide bonds. The Bertz CT molecular complexity index is 816. The monoisotopic (exact) mass is 297 g/mol. The van der Waals surface area contributed by atoms with E-state index in [0.29, 0.717) is 0 Å².